The van der Waals surface area contributed by atoms with Gasteiger partial charge in [-0.1, -0.05) is 69.2 Å². The van der Waals surface area contributed by atoms with E-state index in [0.29, 0.717) is 31.2 Å². The predicted octanol–water partition coefficient (Wildman–Crippen LogP) is 3.31. The van der Waals surface area contributed by atoms with Crippen molar-refractivity contribution in [1.82, 2.24) is 15.1 Å². The number of carbonyl (C=O) groups is 4. The Morgan fingerprint density at radius 1 is 1.00 bits per heavy atom. The van der Waals surface area contributed by atoms with Crippen molar-refractivity contribution >= 4 is 29.5 Å². The van der Waals surface area contributed by atoms with Crippen molar-refractivity contribution in [2.45, 2.75) is 58.2 Å². The molecule has 1 fully saturated rings. The van der Waals surface area contributed by atoms with E-state index in [0.717, 1.165) is 4.90 Å². The number of benzene rings is 2. The van der Waals surface area contributed by atoms with Crippen LogP contribution in [0.25, 0.3) is 0 Å². The molecule has 1 saturated heterocycles. The number of hydrogen-bond acceptors (Lipinski definition) is 5. The number of hydrogen-bond donors (Lipinski definition) is 2. The number of carboxylic acid groups (broad SMARTS) is 1. The van der Waals surface area contributed by atoms with E-state index in [1.165, 1.54) is 11.1 Å². The SMILES string of the molecule is CCC(CC)[C@@H]1C(=O)N[C@H](C2Cc3ccccc3C2)C(=O)N1Cc1ccccc1N(C(=O)O)C(=O)CN(C)C. The van der Waals surface area contributed by atoms with Gasteiger partial charge in [-0.2, -0.15) is 0 Å². The zero-order valence-electron chi connectivity index (χ0n) is 23.1. The fourth-order valence-corrected chi connectivity index (χ4v) is 6.02. The van der Waals surface area contributed by atoms with Crippen LogP contribution >= 0.6 is 0 Å². The van der Waals surface area contributed by atoms with Crippen LogP contribution < -0.4 is 10.2 Å². The van der Waals surface area contributed by atoms with Gasteiger partial charge in [0.1, 0.15) is 12.1 Å². The summed E-state index contributed by atoms with van der Waals surface area (Å²) >= 11 is 0. The molecule has 9 heteroatoms. The zero-order valence-corrected chi connectivity index (χ0v) is 23.1. The molecule has 2 atom stereocenters. The van der Waals surface area contributed by atoms with Crippen LogP contribution in [-0.2, 0) is 33.8 Å². The Hall–Kier alpha value is -3.72. The number of para-hydroxylation sites is 1. The molecule has 1 aliphatic carbocycles. The molecule has 1 aliphatic heterocycles. The summed E-state index contributed by atoms with van der Waals surface area (Å²) in [5, 5.41) is 13.0. The lowest BCUT2D eigenvalue weighted by Crippen LogP contribution is -2.66. The molecule has 0 aromatic heterocycles. The van der Waals surface area contributed by atoms with Gasteiger partial charge in [-0.05, 0) is 61.5 Å². The minimum atomic E-state index is -1.39. The van der Waals surface area contributed by atoms with E-state index < -0.39 is 24.1 Å². The third kappa shape index (κ3) is 5.83. The maximum atomic E-state index is 14.2. The van der Waals surface area contributed by atoms with Gasteiger partial charge in [0, 0.05) is 6.54 Å². The molecule has 0 bridgehead atoms. The normalized spacial score (nSPS) is 19.4. The van der Waals surface area contributed by atoms with Crippen LogP contribution in [0, 0.1) is 11.8 Å². The van der Waals surface area contributed by atoms with Crippen molar-refractivity contribution in [3.05, 3.63) is 65.2 Å². The Bertz CT molecular complexity index is 1220. The summed E-state index contributed by atoms with van der Waals surface area (Å²) in [4.78, 5) is 56.9. The summed E-state index contributed by atoms with van der Waals surface area (Å²) < 4.78 is 0. The molecule has 2 aromatic rings. The first-order valence-electron chi connectivity index (χ1n) is 13.6. The van der Waals surface area contributed by atoms with Crippen LogP contribution in [-0.4, -0.2) is 71.4 Å². The summed E-state index contributed by atoms with van der Waals surface area (Å²) in [5.74, 6) is -1.06. The Morgan fingerprint density at radius 3 is 2.15 bits per heavy atom. The van der Waals surface area contributed by atoms with Gasteiger partial charge in [-0.25, -0.2) is 9.69 Å². The zero-order chi connectivity index (χ0) is 28.3. The van der Waals surface area contributed by atoms with Crippen LogP contribution in [0.5, 0.6) is 0 Å². The van der Waals surface area contributed by atoms with Gasteiger partial charge in [-0.15, -0.1) is 0 Å². The first-order chi connectivity index (χ1) is 18.7. The number of fused-ring (bicyclic) bond motifs is 1. The molecule has 0 spiro atoms. The average Bonchev–Trinajstić information content (AvgIpc) is 3.32. The number of carbonyl (C=O) groups excluding carboxylic acids is 3. The summed E-state index contributed by atoms with van der Waals surface area (Å²) in [6, 6.07) is 13.5. The van der Waals surface area contributed by atoms with Crippen molar-refractivity contribution in [2.24, 2.45) is 11.8 Å². The van der Waals surface area contributed by atoms with Gasteiger partial charge in [0.2, 0.25) is 11.8 Å². The van der Waals surface area contributed by atoms with E-state index in [1.54, 1.807) is 48.2 Å². The lowest BCUT2D eigenvalue weighted by atomic mass is 9.86. The molecule has 4 amide bonds. The molecule has 9 nitrogen and oxygen atoms in total. The maximum Gasteiger partial charge on any atom is 0.418 e. The molecular formula is C30H38N4O5. The third-order valence-electron chi connectivity index (χ3n) is 7.97. The molecule has 4 rings (SSSR count). The van der Waals surface area contributed by atoms with E-state index in [2.05, 4.69) is 17.4 Å². The van der Waals surface area contributed by atoms with Crippen molar-refractivity contribution in [3.8, 4) is 0 Å². The smallest absolute Gasteiger partial charge is 0.418 e. The van der Waals surface area contributed by atoms with Crippen LogP contribution in [0.2, 0.25) is 0 Å². The van der Waals surface area contributed by atoms with E-state index >= 15 is 0 Å². The number of likely N-dealkylation sites (N-methyl/N-ethyl adjacent to an activating group) is 1. The number of nitrogens with one attached hydrogen (secondary N) is 1. The average molecular weight is 535 g/mol. The van der Waals surface area contributed by atoms with E-state index in [9.17, 15) is 24.3 Å². The second kappa shape index (κ2) is 12.0. The lowest BCUT2D eigenvalue weighted by Gasteiger charge is -2.44. The van der Waals surface area contributed by atoms with Crippen LogP contribution in [0.15, 0.2) is 48.5 Å². The van der Waals surface area contributed by atoms with Gasteiger partial charge in [0.15, 0.2) is 0 Å². The quantitative estimate of drug-likeness (QED) is 0.511. The molecule has 0 unspecified atom stereocenters. The molecular weight excluding hydrogens is 496 g/mol. The molecule has 39 heavy (non-hydrogen) atoms. The minimum Gasteiger partial charge on any atom is -0.464 e. The Kier molecular flexibility index (Phi) is 8.70. The Balaban J connectivity index is 1.70. The second-order valence-corrected chi connectivity index (χ2v) is 10.8. The van der Waals surface area contributed by atoms with Crippen molar-refractivity contribution < 1.29 is 24.3 Å². The summed E-state index contributed by atoms with van der Waals surface area (Å²) in [6.45, 7) is 3.94. The molecule has 208 valence electrons. The van der Waals surface area contributed by atoms with Crippen LogP contribution in [0.3, 0.4) is 0 Å². The Morgan fingerprint density at radius 2 is 1.59 bits per heavy atom. The molecule has 2 N–H and O–H groups in total. The van der Waals surface area contributed by atoms with Crippen LogP contribution in [0.1, 0.15) is 43.4 Å². The molecule has 2 aromatic carbocycles. The highest BCUT2D eigenvalue weighted by atomic mass is 16.4. The molecule has 0 radical (unpaired) electrons. The van der Waals surface area contributed by atoms with Gasteiger partial charge in [0.05, 0.1) is 12.2 Å². The summed E-state index contributed by atoms with van der Waals surface area (Å²) in [7, 11) is 3.38. The highest BCUT2D eigenvalue weighted by Gasteiger charge is 2.47. The number of anilines is 1. The fourth-order valence-electron chi connectivity index (χ4n) is 6.02. The lowest BCUT2D eigenvalue weighted by molar-refractivity contribution is -0.154. The fraction of sp³-hybridized carbons (Fsp3) is 0.467. The highest BCUT2D eigenvalue weighted by Crippen LogP contribution is 2.34. The number of rotatable bonds is 9. The van der Waals surface area contributed by atoms with E-state index in [4.69, 9.17) is 0 Å². The first kappa shape index (κ1) is 28.3. The van der Waals surface area contributed by atoms with Crippen molar-refractivity contribution in [1.29, 1.82) is 0 Å². The maximum absolute atomic E-state index is 14.2. The van der Waals surface area contributed by atoms with Gasteiger partial charge < -0.3 is 20.2 Å². The van der Waals surface area contributed by atoms with E-state index in [-0.39, 0.29) is 42.4 Å². The monoisotopic (exact) mass is 534 g/mol. The summed E-state index contributed by atoms with van der Waals surface area (Å²) in [6.07, 6.45) is 1.44. The van der Waals surface area contributed by atoms with Crippen molar-refractivity contribution in [2.75, 3.05) is 25.5 Å². The second-order valence-electron chi connectivity index (χ2n) is 10.8. The highest BCUT2D eigenvalue weighted by molar-refractivity contribution is 6.12. The summed E-state index contributed by atoms with van der Waals surface area (Å²) in [5.41, 5.74) is 3.09. The van der Waals surface area contributed by atoms with Crippen LogP contribution in [0.4, 0.5) is 10.5 Å². The van der Waals surface area contributed by atoms with Gasteiger partial charge in [-0.3, -0.25) is 14.4 Å². The topological polar surface area (TPSA) is 110 Å². The van der Waals surface area contributed by atoms with E-state index in [1.807, 2.05) is 26.0 Å². The molecule has 2 aliphatic rings. The van der Waals surface area contributed by atoms with Crippen molar-refractivity contribution in [3.63, 3.8) is 0 Å². The number of imide groups is 1. The van der Waals surface area contributed by atoms with Gasteiger partial charge in [0.25, 0.3) is 5.91 Å². The standard InChI is InChI=1S/C30H38N4O5/c1-5-19(6-2)27-28(36)31-26(23-15-20-11-7-8-12-21(20)16-23)29(37)33(27)17-22-13-9-10-14-24(22)34(30(38)39)25(35)18-32(3)4/h7-14,19,23,26-27H,5-6,15-18H2,1-4H3,(H,31,36)(H,38,39)/t26-,27-/m1/s1. The number of amides is 4. The predicted molar refractivity (Wildman–Crippen MR) is 148 cm³/mol. The molecule has 0 saturated carbocycles. The number of piperazine rings is 1. The molecule has 1 heterocycles. The minimum absolute atomic E-state index is 0.0266. The third-order valence-corrected chi connectivity index (χ3v) is 7.97. The number of nitrogens with zero attached hydrogens (tertiary/aromatic N) is 3. The van der Waals surface area contributed by atoms with Gasteiger partial charge >= 0.3 is 6.09 Å². The Labute approximate surface area is 229 Å². The largest absolute Gasteiger partial charge is 0.464 e. The first-order valence-corrected chi connectivity index (χ1v) is 13.6.